The molecule has 0 aliphatic rings. The minimum absolute atomic E-state index is 0. The summed E-state index contributed by atoms with van der Waals surface area (Å²) >= 11 is 0. The van der Waals surface area contributed by atoms with E-state index in [1.54, 1.807) is 35.6 Å². The fraction of sp³-hybridized carbons (Fsp3) is 0.231. The first-order valence-electron chi connectivity index (χ1n) is 4.85. The molecule has 20 heavy (non-hydrogen) atoms. The van der Waals surface area contributed by atoms with Crippen molar-refractivity contribution in [3.05, 3.63) is 64.8 Å². The summed E-state index contributed by atoms with van der Waals surface area (Å²) in [6.45, 7) is 4.10. The third-order valence-electron chi connectivity index (χ3n) is 1.62. The number of nitrogens with one attached hydrogen (secondary N) is 1. The number of hydrogen-bond acceptors (Lipinski definition) is 3. The molecule has 111 valence electrons. The van der Waals surface area contributed by atoms with E-state index in [0.29, 0.717) is 5.82 Å². The van der Waals surface area contributed by atoms with E-state index in [2.05, 4.69) is 15.0 Å². The quantitative estimate of drug-likeness (QED) is 0.613. The van der Waals surface area contributed by atoms with Gasteiger partial charge in [-0.3, -0.25) is 4.57 Å². The summed E-state index contributed by atoms with van der Waals surface area (Å²) < 4.78 is 1.78. The molecular weight excluding hydrogens is 461 g/mol. The van der Waals surface area contributed by atoms with Crippen molar-refractivity contribution in [1.82, 2.24) is 19.5 Å². The summed E-state index contributed by atoms with van der Waals surface area (Å²) in [5.41, 5.74) is 7.12. The van der Waals surface area contributed by atoms with E-state index in [4.69, 9.17) is 5.73 Å². The van der Waals surface area contributed by atoms with Gasteiger partial charge in [0.2, 0.25) is 0 Å². The minimum Gasteiger partial charge on any atom is -0.671 e. The second-order valence-corrected chi connectivity index (χ2v) is 2.48. The van der Waals surface area contributed by atoms with E-state index < -0.39 is 0 Å². The van der Waals surface area contributed by atoms with E-state index in [1.807, 2.05) is 13.8 Å². The first-order chi connectivity index (χ1) is 7.40. The van der Waals surface area contributed by atoms with Crippen LogP contribution in [0.4, 0.5) is 0 Å². The molecule has 2 heterocycles. The molecule has 0 fully saturated rings. The van der Waals surface area contributed by atoms with Crippen LogP contribution in [0.3, 0.4) is 0 Å². The molecule has 2 aromatic heterocycles. The summed E-state index contributed by atoms with van der Waals surface area (Å²) in [4.78, 5) is 12.0. The smallest absolute Gasteiger partial charge is 0.671 e. The molecular formula is C13H23N5VW. The van der Waals surface area contributed by atoms with Crippen LogP contribution in [-0.4, -0.2) is 19.5 Å². The van der Waals surface area contributed by atoms with Gasteiger partial charge in [-0.2, -0.15) is 0 Å². The van der Waals surface area contributed by atoms with Gasteiger partial charge in [-0.05, 0) is 6.07 Å². The van der Waals surface area contributed by atoms with Crippen molar-refractivity contribution in [2.75, 3.05) is 0 Å². The SMILES string of the molecule is CC.[CH3-].[CH3-].[CH3-].[NH-]Cc1nccc(-n2ccnc2)n1.[V+2].[W+2]. The molecule has 0 aromatic carbocycles. The van der Waals surface area contributed by atoms with Crippen LogP contribution in [0.5, 0.6) is 0 Å². The number of aromatic nitrogens is 4. The van der Waals surface area contributed by atoms with Crippen LogP contribution >= 0.6 is 0 Å². The number of imidazole rings is 1. The monoisotopic (exact) mass is 484 g/mol. The van der Waals surface area contributed by atoms with Gasteiger partial charge in [0.15, 0.2) is 0 Å². The zero-order valence-electron chi connectivity index (χ0n) is 12.7. The molecule has 5 nitrogen and oxygen atoms in total. The van der Waals surface area contributed by atoms with Crippen molar-refractivity contribution in [1.29, 1.82) is 0 Å². The third kappa shape index (κ3) is 9.43. The Morgan fingerprint density at radius 2 is 1.75 bits per heavy atom. The van der Waals surface area contributed by atoms with Crippen molar-refractivity contribution in [2.45, 2.75) is 20.4 Å². The van der Waals surface area contributed by atoms with Crippen LogP contribution in [0.1, 0.15) is 19.7 Å². The Hall–Kier alpha value is -0.477. The topological polar surface area (TPSA) is 67.4 Å². The van der Waals surface area contributed by atoms with E-state index in [-0.39, 0.29) is 68.4 Å². The first-order valence-corrected chi connectivity index (χ1v) is 4.85. The van der Waals surface area contributed by atoms with Gasteiger partial charge in [0.1, 0.15) is 18.0 Å². The fourth-order valence-corrected chi connectivity index (χ4v) is 1.01. The summed E-state index contributed by atoms with van der Waals surface area (Å²) in [7, 11) is 0. The number of nitrogens with zero attached hydrogens (tertiary/aromatic N) is 4. The van der Waals surface area contributed by atoms with Crippen LogP contribution in [0.15, 0.2) is 31.0 Å². The molecule has 1 radical (unpaired) electrons. The van der Waals surface area contributed by atoms with Gasteiger partial charge < -0.3 is 28.0 Å². The van der Waals surface area contributed by atoms with E-state index in [1.165, 1.54) is 0 Å². The van der Waals surface area contributed by atoms with E-state index in [0.717, 1.165) is 5.82 Å². The Morgan fingerprint density at radius 1 is 1.15 bits per heavy atom. The van der Waals surface area contributed by atoms with Crippen molar-refractivity contribution in [3.63, 3.8) is 0 Å². The normalized spacial score (nSPS) is 6.95. The van der Waals surface area contributed by atoms with Gasteiger partial charge in [-0.1, -0.05) is 20.4 Å². The summed E-state index contributed by atoms with van der Waals surface area (Å²) in [6.07, 6.45) is 6.79. The molecule has 2 rings (SSSR count). The van der Waals surface area contributed by atoms with Gasteiger partial charge in [0.05, 0.1) is 0 Å². The second kappa shape index (κ2) is 18.5. The van der Waals surface area contributed by atoms with Crippen LogP contribution in [-0.2, 0) is 46.2 Å². The standard InChI is InChI=1S/C8H8N5.C2H6.3CH3.V.W/c9-5-7-11-2-1-8(12-7)13-4-3-10-6-13;1-2;;;;;/h1-4,6,9H,5H2;1-2H3;3*1H3;;/q-1;;3*-1;2*+2. The van der Waals surface area contributed by atoms with Crippen molar-refractivity contribution < 1.29 is 39.6 Å². The van der Waals surface area contributed by atoms with Crippen LogP contribution in [0.2, 0.25) is 0 Å². The molecule has 1 N–H and O–H groups in total. The van der Waals surface area contributed by atoms with Crippen LogP contribution in [0.25, 0.3) is 11.6 Å². The fourth-order valence-electron chi connectivity index (χ4n) is 1.01. The Kier molecular flexibility index (Phi) is 29.4. The minimum atomic E-state index is 0. The molecule has 7 heteroatoms. The van der Waals surface area contributed by atoms with Crippen molar-refractivity contribution in [3.8, 4) is 5.82 Å². The van der Waals surface area contributed by atoms with Gasteiger partial charge >= 0.3 is 39.6 Å². The molecule has 0 saturated carbocycles. The Labute approximate surface area is 150 Å². The molecule has 0 aliphatic carbocycles. The molecule has 0 spiro atoms. The van der Waals surface area contributed by atoms with Crippen molar-refractivity contribution >= 4 is 0 Å². The molecule has 0 unspecified atom stereocenters. The number of hydrogen-bond donors (Lipinski definition) is 0. The average Bonchev–Trinajstić information content (AvgIpc) is 2.85. The van der Waals surface area contributed by atoms with Gasteiger partial charge in [-0.25, -0.2) is 15.0 Å². The molecule has 0 bridgehead atoms. The summed E-state index contributed by atoms with van der Waals surface area (Å²) in [5.74, 6) is 1.26. The zero-order valence-corrected chi connectivity index (χ0v) is 17.1. The Balaban J connectivity index is -0.000000103. The summed E-state index contributed by atoms with van der Waals surface area (Å²) in [6, 6.07) is 1.78. The maximum Gasteiger partial charge on any atom is 2.00 e. The second-order valence-electron chi connectivity index (χ2n) is 2.48. The van der Waals surface area contributed by atoms with E-state index in [9.17, 15) is 0 Å². The Bertz CT molecular complexity index is 395. The maximum absolute atomic E-state index is 7.12. The van der Waals surface area contributed by atoms with Gasteiger partial charge in [-0.15, -0.1) is 0 Å². The third-order valence-corrected chi connectivity index (χ3v) is 1.62. The summed E-state index contributed by atoms with van der Waals surface area (Å²) in [5, 5.41) is 0. The van der Waals surface area contributed by atoms with Crippen molar-refractivity contribution in [2.24, 2.45) is 0 Å². The predicted octanol–water partition coefficient (Wildman–Crippen LogP) is 3.59. The number of rotatable bonds is 2. The van der Waals surface area contributed by atoms with Gasteiger partial charge in [0, 0.05) is 18.6 Å². The molecule has 0 atom stereocenters. The van der Waals surface area contributed by atoms with E-state index >= 15 is 0 Å². The van der Waals surface area contributed by atoms with Crippen LogP contribution in [0, 0.1) is 22.3 Å². The largest absolute Gasteiger partial charge is 2.00 e. The molecule has 0 aliphatic heterocycles. The van der Waals surface area contributed by atoms with Gasteiger partial charge in [0.25, 0.3) is 0 Å². The zero-order chi connectivity index (χ0) is 11.1. The molecule has 0 saturated heterocycles. The maximum atomic E-state index is 7.12. The predicted molar refractivity (Wildman–Crippen MR) is 77.8 cm³/mol. The molecule has 2 aromatic rings. The van der Waals surface area contributed by atoms with Crippen LogP contribution < -0.4 is 0 Å². The average molecular weight is 484 g/mol. The first kappa shape index (κ1) is 31.8. The molecule has 0 amide bonds. The Morgan fingerprint density at radius 3 is 2.20 bits per heavy atom.